The van der Waals surface area contributed by atoms with Gasteiger partial charge in [0.15, 0.2) is 0 Å². The van der Waals surface area contributed by atoms with Crippen LogP contribution in [-0.4, -0.2) is 28.5 Å². The lowest BCUT2D eigenvalue weighted by atomic mass is 10.1. The molecule has 2 atom stereocenters. The Morgan fingerprint density at radius 2 is 1.75 bits per heavy atom. The van der Waals surface area contributed by atoms with Crippen LogP contribution in [0, 0.1) is 0 Å². The molecule has 1 heterocycles. The minimum atomic E-state index is -0.421. The number of ether oxygens (including phenoxy) is 1. The van der Waals surface area contributed by atoms with Crippen LogP contribution in [0.1, 0.15) is 41.0 Å². The quantitative estimate of drug-likeness (QED) is 0.695. The zero-order valence-corrected chi connectivity index (χ0v) is 11.5. The van der Waals surface area contributed by atoms with Gasteiger partial charge >= 0.3 is 5.30 Å². The smallest absolute Gasteiger partial charge is 0.370 e. The predicted octanol–water partition coefficient (Wildman–Crippen LogP) is 2.30. The normalized spacial score (nSPS) is 31.2. The molecule has 1 aliphatic heterocycles. The highest BCUT2D eigenvalue weighted by Gasteiger charge is 2.26. The molecule has 16 heavy (non-hydrogen) atoms. The van der Waals surface area contributed by atoms with Crippen LogP contribution < -0.4 is 10.6 Å². The lowest BCUT2D eigenvalue weighted by Gasteiger charge is -2.33. The fourth-order valence-corrected chi connectivity index (χ4v) is 2.76. The Labute approximate surface area is 102 Å². The number of hydrogen-bond donors (Lipinski definition) is 2. The maximum absolute atomic E-state index is 11.6. The molecule has 0 aliphatic carbocycles. The van der Waals surface area contributed by atoms with Gasteiger partial charge in [-0.15, -0.1) is 0 Å². The van der Waals surface area contributed by atoms with Crippen LogP contribution in [0.5, 0.6) is 0 Å². The molecule has 1 rings (SSSR count). The van der Waals surface area contributed by atoms with Crippen molar-refractivity contribution in [1.29, 1.82) is 0 Å². The van der Waals surface area contributed by atoms with Gasteiger partial charge in [-0.25, -0.2) is 4.79 Å². The van der Waals surface area contributed by atoms with Crippen LogP contribution in [0.15, 0.2) is 0 Å². The molecule has 1 aliphatic rings. The van der Waals surface area contributed by atoms with Crippen molar-refractivity contribution in [2.24, 2.45) is 0 Å². The number of carbonyl (C=O) groups is 1. The molecular formula is C11H22N2O2S. The van der Waals surface area contributed by atoms with Crippen molar-refractivity contribution in [1.82, 2.24) is 10.6 Å². The first-order valence-corrected chi connectivity index (χ1v) is 6.56. The van der Waals surface area contributed by atoms with Gasteiger partial charge in [-0.3, -0.25) is 10.6 Å². The second kappa shape index (κ2) is 5.38. The SMILES string of the molecule is CC1CC(C)NC(SC(=O)OC(C)(C)C)N1. The van der Waals surface area contributed by atoms with Crippen molar-refractivity contribution in [3.05, 3.63) is 0 Å². The van der Waals surface area contributed by atoms with E-state index in [1.54, 1.807) is 0 Å². The highest BCUT2D eigenvalue weighted by Crippen LogP contribution is 2.20. The minimum absolute atomic E-state index is 0.0476. The van der Waals surface area contributed by atoms with Crippen molar-refractivity contribution in [2.75, 3.05) is 0 Å². The topological polar surface area (TPSA) is 50.4 Å². The Morgan fingerprint density at radius 3 is 2.19 bits per heavy atom. The second-order valence-corrected chi connectivity index (χ2v) is 6.37. The summed E-state index contributed by atoms with van der Waals surface area (Å²) in [4.78, 5) is 11.6. The molecule has 0 saturated carbocycles. The Bertz CT molecular complexity index is 243. The van der Waals surface area contributed by atoms with Crippen LogP contribution in [0.4, 0.5) is 4.79 Å². The molecule has 94 valence electrons. The van der Waals surface area contributed by atoms with E-state index in [9.17, 15) is 4.79 Å². The molecule has 2 unspecified atom stereocenters. The lowest BCUT2D eigenvalue weighted by Crippen LogP contribution is -2.55. The molecule has 0 bridgehead atoms. The van der Waals surface area contributed by atoms with E-state index in [4.69, 9.17) is 4.74 Å². The van der Waals surface area contributed by atoms with Gasteiger partial charge in [0.2, 0.25) is 0 Å². The highest BCUT2D eigenvalue weighted by atomic mass is 32.2. The van der Waals surface area contributed by atoms with Crippen molar-refractivity contribution in [3.8, 4) is 0 Å². The molecular weight excluding hydrogens is 224 g/mol. The summed E-state index contributed by atoms with van der Waals surface area (Å²) < 4.78 is 5.25. The van der Waals surface area contributed by atoms with Crippen LogP contribution in [0.3, 0.4) is 0 Å². The van der Waals surface area contributed by atoms with Crippen molar-refractivity contribution < 1.29 is 9.53 Å². The third-order valence-electron chi connectivity index (χ3n) is 2.18. The molecule has 0 aromatic rings. The standard InChI is InChI=1S/C11H22N2O2S/c1-7-6-8(2)13-9(12-7)16-10(14)15-11(3,4)5/h7-9,12-13H,6H2,1-5H3. The molecule has 2 N–H and O–H groups in total. The van der Waals surface area contributed by atoms with E-state index in [2.05, 4.69) is 24.5 Å². The van der Waals surface area contributed by atoms with E-state index in [1.807, 2.05) is 20.8 Å². The molecule has 1 saturated heterocycles. The number of carbonyl (C=O) groups excluding carboxylic acids is 1. The number of thioether (sulfide) groups is 1. The Hall–Kier alpha value is -0.260. The first kappa shape index (κ1) is 13.8. The van der Waals surface area contributed by atoms with Crippen molar-refractivity contribution in [2.45, 2.75) is 64.2 Å². The van der Waals surface area contributed by atoms with Gasteiger partial charge in [-0.2, -0.15) is 0 Å². The number of hydrogen-bond acceptors (Lipinski definition) is 5. The highest BCUT2D eigenvalue weighted by molar-refractivity contribution is 8.13. The lowest BCUT2D eigenvalue weighted by molar-refractivity contribution is 0.0735. The average molecular weight is 246 g/mol. The van der Waals surface area contributed by atoms with E-state index >= 15 is 0 Å². The summed E-state index contributed by atoms with van der Waals surface area (Å²) in [5.41, 5.74) is -0.468. The summed E-state index contributed by atoms with van der Waals surface area (Å²) in [5.74, 6) is 0. The summed E-state index contributed by atoms with van der Waals surface area (Å²) >= 11 is 1.17. The molecule has 0 radical (unpaired) electrons. The maximum atomic E-state index is 11.6. The molecule has 5 heteroatoms. The summed E-state index contributed by atoms with van der Waals surface area (Å²) in [6.07, 6.45) is 1.07. The van der Waals surface area contributed by atoms with Crippen LogP contribution >= 0.6 is 11.8 Å². The van der Waals surface area contributed by atoms with Gasteiger partial charge in [0.05, 0.1) is 0 Å². The van der Waals surface area contributed by atoms with Crippen LogP contribution in [0.2, 0.25) is 0 Å². The molecule has 0 spiro atoms. The Kier molecular flexibility index (Phi) is 4.64. The van der Waals surface area contributed by atoms with E-state index in [0.29, 0.717) is 12.1 Å². The van der Waals surface area contributed by atoms with Gasteiger partial charge in [0.25, 0.3) is 0 Å². The van der Waals surface area contributed by atoms with Gasteiger partial charge in [0.1, 0.15) is 11.1 Å². The third-order valence-corrected chi connectivity index (χ3v) is 2.97. The number of rotatable bonds is 1. The zero-order chi connectivity index (χ0) is 12.3. The van der Waals surface area contributed by atoms with E-state index in [1.165, 1.54) is 11.8 Å². The maximum Gasteiger partial charge on any atom is 0.370 e. The van der Waals surface area contributed by atoms with Gasteiger partial charge in [-0.05, 0) is 52.8 Å². The fourth-order valence-electron chi connectivity index (χ4n) is 1.67. The van der Waals surface area contributed by atoms with Gasteiger partial charge in [-0.1, -0.05) is 0 Å². The van der Waals surface area contributed by atoms with Crippen LogP contribution in [0.25, 0.3) is 0 Å². The molecule has 1 fully saturated rings. The van der Waals surface area contributed by atoms with E-state index < -0.39 is 5.60 Å². The predicted molar refractivity (Wildman–Crippen MR) is 67.4 cm³/mol. The van der Waals surface area contributed by atoms with E-state index in [-0.39, 0.29) is 10.8 Å². The monoisotopic (exact) mass is 246 g/mol. The molecule has 0 aromatic heterocycles. The fraction of sp³-hybridized carbons (Fsp3) is 0.909. The summed E-state index contributed by atoms with van der Waals surface area (Å²) in [6, 6.07) is 0.854. The molecule has 4 nitrogen and oxygen atoms in total. The summed E-state index contributed by atoms with van der Waals surface area (Å²) in [7, 11) is 0. The van der Waals surface area contributed by atoms with Gasteiger partial charge in [0, 0.05) is 12.1 Å². The van der Waals surface area contributed by atoms with Crippen LogP contribution in [-0.2, 0) is 4.74 Å². The summed E-state index contributed by atoms with van der Waals surface area (Å²) in [6.45, 7) is 9.87. The number of nitrogens with one attached hydrogen (secondary N) is 2. The molecule has 0 amide bonds. The Balaban J connectivity index is 2.39. The van der Waals surface area contributed by atoms with Crippen molar-refractivity contribution >= 4 is 17.1 Å². The first-order chi connectivity index (χ1) is 7.26. The molecule has 0 aromatic carbocycles. The third kappa shape index (κ3) is 5.18. The van der Waals surface area contributed by atoms with Gasteiger partial charge < -0.3 is 4.74 Å². The second-order valence-electron chi connectivity index (χ2n) is 5.33. The Morgan fingerprint density at radius 1 is 1.25 bits per heavy atom. The largest absolute Gasteiger partial charge is 0.452 e. The zero-order valence-electron chi connectivity index (χ0n) is 10.7. The average Bonchev–Trinajstić information content (AvgIpc) is 1.96. The summed E-state index contributed by atoms with van der Waals surface area (Å²) in [5, 5.41) is 6.39. The van der Waals surface area contributed by atoms with Crippen molar-refractivity contribution in [3.63, 3.8) is 0 Å². The first-order valence-electron chi connectivity index (χ1n) is 5.68. The minimum Gasteiger partial charge on any atom is -0.452 e. The van der Waals surface area contributed by atoms with E-state index in [0.717, 1.165) is 6.42 Å².